The fourth-order valence-corrected chi connectivity index (χ4v) is 2.16. The van der Waals surface area contributed by atoms with Crippen LogP contribution in [-0.2, 0) is 0 Å². The normalized spacial score (nSPS) is 10.5. The van der Waals surface area contributed by atoms with Crippen LogP contribution in [0.1, 0.15) is 11.5 Å². The van der Waals surface area contributed by atoms with Gasteiger partial charge in [-0.1, -0.05) is 0 Å². The number of methoxy groups -OCH3 is 1. The molecular formula is C12H12BrNO2. The largest absolute Gasteiger partial charge is 0.496 e. The zero-order valence-electron chi connectivity index (χ0n) is 9.37. The monoisotopic (exact) mass is 281 g/mol. The van der Waals surface area contributed by atoms with Crippen molar-refractivity contribution in [2.24, 2.45) is 0 Å². The molecule has 0 aliphatic heterocycles. The highest BCUT2D eigenvalue weighted by atomic mass is 79.9. The second kappa shape index (κ2) is 4.29. The number of halogens is 1. The third-order valence-corrected chi connectivity index (χ3v) is 2.90. The minimum Gasteiger partial charge on any atom is -0.496 e. The third-order valence-electron chi connectivity index (χ3n) is 2.36. The van der Waals surface area contributed by atoms with Crippen LogP contribution >= 0.6 is 15.9 Å². The van der Waals surface area contributed by atoms with E-state index in [0.717, 1.165) is 22.6 Å². The van der Waals surface area contributed by atoms with Gasteiger partial charge >= 0.3 is 0 Å². The van der Waals surface area contributed by atoms with Gasteiger partial charge in [0.25, 0.3) is 0 Å². The van der Waals surface area contributed by atoms with E-state index in [-0.39, 0.29) is 0 Å². The van der Waals surface area contributed by atoms with Gasteiger partial charge in [-0.2, -0.15) is 0 Å². The third kappa shape index (κ3) is 1.97. The average molecular weight is 282 g/mol. The summed E-state index contributed by atoms with van der Waals surface area (Å²) in [5.74, 6) is 1.52. The summed E-state index contributed by atoms with van der Waals surface area (Å²) in [6.45, 7) is 3.83. The minimum atomic E-state index is 0.648. The van der Waals surface area contributed by atoms with Crippen LogP contribution < -0.4 is 4.74 Å². The topological polar surface area (TPSA) is 35.3 Å². The summed E-state index contributed by atoms with van der Waals surface area (Å²) in [5, 5.41) is 0. The van der Waals surface area contributed by atoms with Crippen LogP contribution in [0.5, 0.6) is 5.75 Å². The Balaban J connectivity index is 2.49. The highest BCUT2D eigenvalue weighted by Gasteiger charge is 2.11. The van der Waals surface area contributed by atoms with Crippen molar-refractivity contribution in [1.29, 1.82) is 0 Å². The Labute approximate surface area is 103 Å². The van der Waals surface area contributed by atoms with Gasteiger partial charge in [-0.05, 0) is 46.6 Å². The first-order valence-electron chi connectivity index (χ1n) is 4.89. The van der Waals surface area contributed by atoms with Gasteiger partial charge in [0.15, 0.2) is 10.6 Å². The maximum Gasteiger partial charge on any atom is 0.197 e. The van der Waals surface area contributed by atoms with E-state index in [1.165, 1.54) is 0 Å². The van der Waals surface area contributed by atoms with Crippen LogP contribution in [0.25, 0.3) is 11.3 Å². The molecular weight excluding hydrogens is 270 g/mol. The molecule has 1 aromatic carbocycles. The summed E-state index contributed by atoms with van der Waals surface area (Å²) in [4.78, 5) is 4.32. The van der Waals surface area contributed by atoms with Gasteiger partial charge in [0.1, 0.15) is 11.4 Å². The SMILES string of the molecule is COc1ccc(-c2nc(C)oc2Br)cc1C. The molecule has 84 valence electrons. The first-order chi connectivity index (χ1) is 7.61. The van der Waals surface area contributed by atoms with E-state index in [4.69, 9.17) is 9.15 Å². The number of rotatable bonds is 2. The van der Waals surface area contributed by atoms with E-state index in [1.807, 2.05) is 32.0 Å². The van der Waals surface area contributed by atoms with Gasteiger partial charge in [-0.25, -0.2) is 4.98 Å². The Kier molecular flexibility index (Phi) is 3.01. The van der Waals surface area contributed by atoms with Gasteiger partial charge in [-0.15, -0.1) is 0 Å². The molecule has 16 heavy (non-hydrogen) atoms. The van der Waals surface area contributed by atoms with Crippen molar-refractivity contribution in [1.82, 2.24) is 4.98 Å². The van der Waals surface area contributed by atoms with Crippen LogP contribution in [0, 0.1) is 13.8 Å². The number of hydrogen-bond acceptors (Lipinski definition) is 3. The molecule has 0 spiro atoms. The maximum atomic E-state index is 5.34. The Morgan fingerprint density at radius 2 is 2.06 bits per heavy atom. The number of aryl methyl sites for hydroxylation is 2. The molecule has 2 aromatic rings. The second-order valence-corrected chi connectivity index (χ2v) is 4.26. The molecule has 0 saturated heterocycles. The molecule has 2 rings (SSSR count). The van der Waals surface area contributed by atoms with E-state index in [9.17, 15) is 0 Å². The molecule has 0 amide bonds. The first kappa shape index (κ1) is 11.2. The number of aromatic nitrogens is 1. The zero-order valence-corrected chi connectivity index (χ0v) is 11.0. The van der Waals surface area contributed by atoms with E-state index in [1.54, 1.807) is 7.11 Å². The lowest BCUT2D eigenvalue weighted by Crippen LogP contribution is -1.88. The van der Waals surface area contributed by atoms with Gasteiger partial charge in [-0.3, -0.25) is 0 Å². The maximum absolute atomic E-state index is 5.34. The summed E-state index contributed by atoms with van der Waals surface area (Å²) < 4.78 is 11.2. The minimum absolute atomic E-state index is 0.648. The van der Waals surface area contributed by atoms with Crippen LogP contribution in [0.4, 0.5) is 0 Å². The van der Waals surface area contributed by atoms with Crippen molar-refractivity contribution >= 4 is 15.9 Å². The Hall–Kier alpha value is -1.29. The van der Waals surface area contributed by atoms with Crippen LogP contribution in [-0.4, -0.2) is 12.1 Å². The lowest BCUT2D eigenvalue weighted by molar-refractivity contribution is 0.412. The van der Waals surface area contributed by atoms with E-state index in [0.29, 0.717) is 10.6 Å². The predicted molar refractivity (Wildman–Crippen MR) is 65.7 cm³/mol. The molecule has 4 heteroatoms. The van der Waals surface area contributed by atoms with Crippen molar-refractivity contribution in [3.8, 4) is 17.0 Å². The van der Waals surface area contributed by atoms with E-state index >= 15 is 0 Å². The molecule has 0 N–H and O–H groups in total. The molecule has 1 heterocycles. The van der Waals surface area contributed by atoms with E-state index in [2.05, 4.69) is 20.9 Å². The number of hydrogen-bond donors (Lipinski definition) is 0. The molecule has 0 atom stereocenters. The Morgan fingerprint density at radius 3 is 2.56 bits per heavy atom. The van der Waals surface area contributed by atoms with Crippen molar-refractivity contribution in [3.63, 3.8) is 0 Å². The fraction of sp³-hybridized carbons (Fsp3) is 0.250. The number of oxazole rings is 1. The second-order valence-electron chi connectivity index (χ2n) is 3.54. The Morgan fingerprint density at radius 1 is 1.31 bits per heavy atom. The number of benzene rings is 1. The predicted octanol–water partition coefficient (Wildman–Crippen LogP) is 3.73. The highest BCUT2D eigenvalue weighted by molar-refractivity contribution is 9.10. The highest BCUT2D eigenvalue weighted by Crippen LogP contribution is 2.31. The zero-order chi connectivity index (χ0) is 11.7. The summed E-state index contributed by atoms with van der Waals surface area (Å²) in [6.07, 6.45) is 0. The first-order valence-corrected chi connectivity index (χ1v) is 5.69. The molecule has 0 unspecified atom stereocenters. The van der Waals surface area contributed by atoms with Crippen LogP contribution in [0.3, 0.4) is 0 Å². The lowest BCUT2D eigenvalue weighted by Gasteiger charge is -2.05. The van der Waals surface area contributed by atoms with Gasteiger partial charge in [0.2, 0.25) is 0 Å². The quantitative estimate of drug-likeness (QED) is 0.841. The summed E-state index contributed by atoms with van der Waals surface area (Å²) >= 11 is 3.35. The van der Waals surface area contributed by atoms with Gasteiger partial charge in [0.05, 0.1) is 7.11 Å². The van der Waals surface area contributed by atoms with Crippen molar-refractivity contribution in [2.45, 2.75) is 13.8 Å². The fourth-order valence-electron chi connectivity index (χ4n) is 1.61. The number of nitrogens with zero attached hydrogens (tertiary/aromatic N) is 1. The van der Waals surface area contributed by atoms with Crippen LogP contribution in [0.2, 0.25) is 0 Å². The molecule has 0 bridgehead atoms. The lowest BCUT2D eigenvalue weighted by atomic mass is 10.1. The van der Waals surface area contributed by atoms with Crippen molar-refractivity contribution < 1.29 is 9.15 Å². The summed E-state index contributed by atoms with van der Waals surface area (Å²) in [6, 6.07) is 5.93. The molecule has 0 aliphatic rings. The molecule has 3 nitrogen and oxygen atoms in total. The van der Waals surface area contributed by atoms with Gasteiger partial charge in [0, 0.05) is 12.5 Å². The smallest absolute Gasteiger partial charge is 0.197 e. The van der Waals surface area contributed by atoms with Crippen LogP contribution in [0.15, 0.2) is 27.3 Å². The van der Waals surface area contributed by atoms with Crippen molar-refractivity contribution in [2.75, 3.05) is 7.11 Å². The molecule has 0 saturated carbocycles. The summed E-state index contributed by atoms with van der Waals surface area (Å²) in [5.41, 5.74) is 2.91. The standard InChI is InChI=1S/C12H12BrNO2/c1-7-6-9(4-5-10(7)15-3)11-12(13)16-8(2)14-11/h4-6H,1-3H3. The Bertz CT molecular complexity index is 520. The molecule has 0 radical (unpaired) electrons. The molecule has 0 fully saturated rings. The molecule has 1 aromatic heterocycles. The van der Waals surface area contributed by atoms with E-state index < -0.39 is 0 Å². The van der Waals surface area contributed by atoms with Crippen molar-refractivity contribution in [3.05, 3.63) is 34.3 Å². The van der Waals surface area contributed by atoms with Gasteiger partial charge < -0.3 is 9.15 Å². The summed E-state index contributed by atoms with van der Waals surface area (Å²) in [7, 11) is 1.66. The average Bonchev–Trinajstić information content (AvgIpc) is 2.58. The number of ether oxygens (including phenoxy) is 1. The molecule has 0 aliphatic carbocycles.